The van der Waals surface area contributed by atoms with Gasteiger partial charge in [-0.25, -0.2) is 0 Å². The Morgan fingerprint density at radius 2 is 2.33 bits per heavy atom. The third kappa shape index (κ3) is 4.63. The van der Waals surface area contributed by atoms with Crippen LogP contribution in [0.15, 0.2) is 9.64 Å². The topological polar surface area (TPSA) is 60.2 Å². The van der Waals surface area contributed by atoms with Gasteiger partial charge in [0.15, 0.2) is 0 Å². The predicted octanol–water partition coefficient (Wildman–Crippen LogP) is 1.09. The van der Waals surface area contributed by atoms with Gasteiger partial charge < -0.3 is 14.5 Å². The zero-order valence-electron chi connectivity index (χ0n) is 9.32. The normalized spacial score (nSPS) is 13.0. The van der Waals surface area contributed by atoms with Crippen LogP contribution in [0.5, 0.6) is 0 Å². The first kappa shape index (κ1) is 12.5. The third-order valence-corrected chi connectivity index (χ3v) is 2.76. The molecular weight excluding hydrogens is 214 g/mol. The van der Waals surface area contributed by atoms with Crippen molar-refractivity contribution >= 4 is 11.8 Å². The zero-order valence-corrected chi connectivity index (χ0v) is 10.1. The Morgan fingerprint density at radius 3 is 2.87 bits per heavy atom. The van der Waals surface area contributed by atoms with Crippen molar-refractivity contribution in [3.63, 3.8) is 0 Å². The Balaban J connectivity index is 2.32. The molecule has 0 aliphatic rings. The van der Waals surface area contributed by atoms with Crippen molar-refractivity contribution in [2.45, 2.75) is 25.1 Å². The smallest absolute Gasteiger partial charge is 0.276 e. The highest BCUT2D eigenvalue weighted by atomic mass is 32.2. The minimum Gasteiger partial charge on any atom is -0.416 e. The van der Waals surface area contributed by atoms with Crippen LogP contribution >= 0.6 is 11.8 Å². The van der Waals surface area contributed by atoms with Crippen molar-refractivity contribution in [3.8, 4) is 0 Å². The lowest BCUT2D eigenvalue weighted by Gasteiger charge is -2.14. The Hall–Kier alpha value is -0.590. The molecule has 1 aromatic rings. The highest BCUT2D eigenvalue weighted by molar-refractivity contribution is 7.99. The summed E-state index contributed by atoms with van der Waals surface area (Å²) >= 11 is 1.55. The second-order valence-corrected chi connectivity index (χ2v) is 4.08. The maximum absolute atomic E-state index is 5.26. The molecule has 0 bridgehead atoms. The van der Waals surface area contributed by atoms with E-state index in [4.69, 9.17) is 9.15 Å². The van der Waals surface area contributed by atoms with E-state index in [0.717, 1.165) is 12.3 Å². The molecule has 5 nitrogen and oxygen atoms in total. The minimum absolute atomic E-state index is 0.317. The largest absolute Gasteiger partial charge is 0.416 e. The van der Waals surface area contributed by atoms with Crippen LogP contribution < -0.4 is 5.32 Å². The Kier molecular flexibility index (Phi) is 5.67. The van der Waals surface area contributed by atoms with Crippen molar-refractivity contribution < 1.29 is 9.15 Å². The summed E-state index contributed by atoms with van der Waals surface area (Å²) < 4.78 is 10.4. The number of nitrogens with one attached hydrogen (secondary N) is 1. The van der Waals surface area contributed by atoms with E-state index >= 15 is 0 Å². The Bertz CT molecular complexity index is 274. The molecule has 0 amide bonds. The van der Waals surface area contributed by atoms with Gasteiger partial charge in [0.1, 0.15) is 0 Å². The number of aryl methyl sites for hydroxylation is 1. The van der Waals surface area contributed by atoms with E-state index in [1.54, 1.807) is 25.8 Å². The first-order chi connectivity index (χ1) is 7.26. The van der Waals surface area contributed by atoms with Crippen LogP contribution in [0.3, 0.4) is 0 Å². The van der Waals surface area contributed by atoms with Gasteiger partial charge in [-0.2, -0.15) is 0 Å². The molecule has 0 spiro atoms. The van der Waals surface area contributed by atoms with E-state index in [1.807, 2.05) is 0 Å². The molecule has 15 heavy (non-hydrogen) atoms. The van der Waals surface area contributed by atoms with Crippen LogP contribution in [0.2, 0.25) is 0 Å². The van der Waals surface area contributed by atoms with E-state index in [-0.39, 0.29) is 0 Å². The summed E-state index contributed by atoms with van der Waals surface area (Å²) in [5.41, 5.74) is 0. The lowest BCUT2D eigenvalue weighted by Crippen LogP contribution is -2.35. The molecule has 1 atom stereocenters. The fourth-order valence-electron chi connectivity index (χ4n) is 1.16. The summed E-state index contributed by atoms with van der Waals surface area (Å²) in [6.07, 6.45) is 0. The number of hydrogen-bond donors (Lipinski definition) is 1. The fourth-order valence-corrected chi connectivity index (χ4v) is 2.00. The maximum Gasteiger partial charge on any atom is 0.276 e. The molecule has 1 unspecified atom stereocenters. The van der Waals surface area contributed by atoms with Gasteiger partial charge in [-0.3, -0.25) is 0 Å². The number of rotatable bonds is 7. The Labute approximate surface area is 94.0 Å². The van der Waals surface area contributed by atoms with E-state index in [0.29, 0.717) is 23.8 Å². The van der Waals surface area contributed by atoms with Gasteiger partial charge in [-0.05, 0) is 6.54 Å². The average molecular weight is 231 g/mol. The van der Waals surface area contributed by atoms with Crippen molar-refractivity contribution in [1.82, 2.24) is 15.5 Å². The lowest BCUT2D eigenvalue weighted by atomic mass is 10.3. The average Bonchev–Trinajstić information content (AvgIpc) is 2.61. The number of likely N-dealkylation sites (N-methyl/N-ethyl adjacent to an activating group) is 1. The van der Waals surface area contributed by atoms with Crippen molar-refractivity contribution in [1.29, 1.82) is 0 Å². The predicted molar refractivity (Wildman–Crippen MR) is 59.1 cm³/mol. The van der Waals surface area contributed by atoms with Gasteiger partial charge in [0, 0.05) is 25.8 Å². The highest BCUT2D eigenvalue weighted by Gasteiger charge is 2.10. The van der Waals surface area contributed by atoms with Crippen molar-refractivity contribution in [2.75, 3.05) is 26.0 Å². The number of methoxy groups -OCH3 is 1. The molecule has 0 saturated heterocycles. The van der Waals surface area contributed by atoms with Crippen LogP contribution in [0.1, 0.15) is 12.8 Å². The van der Waals surface area contributed by atoms with Gasteiger partial charge in [0.05, 0.1) is 6.61 Å². The van der Waals surface area contributed by atoms with E-state index in [9.17, 15) is 0 Å². The number of ether oxygens (including phenoxy) is 1. The molecule has 0 aromatic carbocycles. The molecule has 0 radical (unpaired) electrons. The molecule has 1 heterocycles. The van der Waals surface area contributed by atoms with E-state index in [2.05, 4.69) is 22.4 Å². The number of thioether (sulfide) groups is 1. The Morgan fingerprint density at radius 1 is 1.53 bits per heavy atom. The molecular formula is C9H17N3O2S. The molecule has 0 saturated carbocycles. The standard InChI is InChI=1S/C9H17N3O2S/c1-4-10-8(5-13-3)6-15-9-12-11-7(2)14-9/h8,10H,4-6H2,1-3H3. The number of aromatic nitrogens is 2. The molecule has 0 aliphatic carbocycles. The zero-order chi connectivity index (χ0) is 11.1. The first-order valence-corrected chi connectivity index (χ1v) is 5.90. The third-order valence-electron chi connectivity index (χ3n) is 1.78. The van der Waals surface area contributed by atoms with Gasteiger partial charge in [-0.1, -0.05) is 18.7 Å². The van der Waals surface area contributed by atoms with Crippen LogP contribution in [-0.2, 0) is 4.74 Å². The van der Waals surface area contributed by atoms with E-state index in [1.165, 1.54) is 0 Å². The van der Waals surface area contributed by atoms with Crippen LogP contribution in [0.4, 0.5) is 0 Å². The van der Waals surface area contributed by atoms with Gasteiger partial charge in [0.2, 0.25) is 5.89 Å². The summed E-state index contributed by atoms with van der Waals surface area (Å²) in [5.74, 6) is 1.47. The highest BCUT2D eigenvalue weighted by Crippen LogP contribution is 2.16. The summed E-state index contributed by atoms with van der Waals surface area (Å²) in [5, 5.41) is 11.6. The molecule has 1 N–H and O–H groups in total. The second-order valence-electron chi connectivity index (χ2n) is 3.11. The van der Waals surface area contributed by atoms with Crippen LogP contribution in [0.25, 0.3) is 0 Å². The first-order valence-electron chi connectivity index (χ1n) is 4.91. The molecule has 6 heteroatoms. The summed E-state index contributed by atoms with van der Waals surface area (Å²) in [7, 11) is 1.70. The summed E-state index contributed by atoms with van der Waals surface area (Å²) in [6.45, 7) is 5.48. The van der Waals surface area contributed by atoms with Crippen molar-refractivity contribution in [3.05, 3.63) is 5.89 Å². The lowest BCUT2D eigenvalue weighted by molar-refractivity contribution is 0.174. The second kappa shape index (κ2) is 6.81. The number of nitrogens with zero attached hydrogens (tertiary/aromatic N) is 2. The van der Waals surface area contributed by atoms with Gasteiger partial charge >= 0.3 is 0 Å². The van der Waals surface area contributed by atoms with Gasteiger partial charge in [-0.15, -0.1) is 10.2 Å². The molecule has 0 aliphatic heterocycles. The maximum atomic E-state index is 5.26. The van der Waals surface area contributed by atoms with E-state index < -0.39 is 0 Å². The fraction of sp³-hybridized carbons (Fsp3) is 0.778. The SMILES string of the molecule is CCNC(COC)CSc1nnc(C)o1. The minimum atomic E-state index is 0.317. The molecule has 1 aromatic heterocycles. The molecule has 0 fully saturated rings. The summed E-state index contributed by atoms with van der Waals surface area (Å²) in [4.78, 5) is 0. The van der Waals surface area contributed by atoms with Gasteiger partial charge in [0.25, 0.3) is 5.22 Å². The summed E-state index contributed by atoms with van der Waals surface area (Å²) in [6, 6.07) is 0.317. The van der Waals surface area contributed by atoms with Crippen LogP contribution in [-0.4, -0.2) is 42.3 Å². The monoisotopic (exact) mass is 231 g/mol. The van der Waals surface area contributed by atoms with Crippen molar-refractivity contribution in [2.24, 2.45) is 0 Å². The quantitative estimate of drug-likeness (QED) is 0.709. The van der Waals surface area contributed by atoms with Crippen LogP contribution in [0, 0.1) is 6.92 Å². The molecule has 1 rings (SSSR count). The molecule has 86 valence electrons. The number of hydrogen-bond acceptors (Lipinski definition) is 6.